The Morgan fingerprint density at radius 1 is 1.24 bits per heavy atom. The van der Waals surface area contributed by atoms with Crippen molar-refractivity contribution in [2.24, 2.45) is 0 Å². The summed E-state index contributed by atoms with van der Waals surface area (Å²) in [5.41, 5.74) is 1.43. The van der Waals surface area contributed by atoms with Crippen LogP contribution in [0.1, 0.15) is 15.9 Å². The van der Waals surface area contributed by atoms with Crippen molar-refractivity contribution in [2.45, 2.75) is 0 Å². The van der Waals surface area contributed by atoms with Gasteiger partial charge in [-0.2, -0.15) is 0 Å². The van der Waals surface area contributed by atoms with Crippen molar-refractivity contribution < 1.29 is 9.90 Å². The van der Waals surface area contributed by atoms with Crippen molar-refractivity contribution in [3.63, 3.8) is 0 Å². The number of amides is 1. The summed E-state index contributed by atoms with van der Waals surface area (Å²) in [6, 6.07) is 6.39. The summed E-state index contributed by atoms with van der Waals surface area (Å²) < 4.78 is 0. The molecular formula is C15H10Cl2N2O2. The van der Waals surface area contributed by atoms with E-state index in [1.54, 1.807) is 24.3 Å². The zero-order chi connectivity index (χ0) is 15.2. The third-order valence-corrected chi connectivity index (χ3v) is 3.23. The van der Waals surface area contributed by atoms with Gasteiger partial charge in [-0.3, -0.25) is 9.78 Å². The maximum Gasteiger partial charge on any atom is 0.257 e. The van der Waals surface area contributed by atoms with Crippen LogP contribution in [0.25, 0.3) is 0 Å². The predicted molar refractivity (Wildman–Crippen MR) is 82.6 cm³/mol. The number of hydrogen-bond acceptors (Lipinski definition) is 3. The Morgan fingerprint density at radius 3 is 2.76 bits per heavy atom. The van der Waals surface area contributed by atoms with Crippen LogP contribution in [0.2, 0.25) is 10.0 Å². The molecule has 1 aromatic carbocycles. The molecule has 0 spiro atoms. The second kappa shape index (κ2) is 7.09. The van der Waals surface area contributed by atoms with Crippen molar-refractivity contribution in [3.05, 3.63) is 57.8 Å². The number of nitrogens with zero attached hydrogens (tertiary/aromatic N) is 1. The molecular weight excluding hydrogens is 311 g/mol. The van der Waals surface area contributed by atoms with Gasteiger partial charge in [0.2, 0.25) is 0 Å². The topological polar surface area (TPSA) is 62.2 Å². The van der Waals surface area contributed by atoms with Gasteiger partial charge in [-0.1, -0.05) is 35.0 Å². The first kappa shape index (κ1) is 15.3. The van der Waals surface area contributed by atoms with E-state index in [1.807, 2.05) is 0 Å². The number of aliphatic hydroxyl groups excluding tert-OH is 1. The highest BCUT2D eigenvalue weighted by molar-refractivity contribution is 6.42. The van der Waals surface area contributed by atoms with Crippen LogP contribution in [0.15, 0.2) is 36.7 Å². The van der Waals surface area contributed by atoms with Crippen LogP contribution in [0, 0.1) is 11.8 Å². The molecule has 2 rings (SSSR count). The normalized spacial score (nSPS) is 9.67. The lowest BCUT2D eigenvalue weighted by Crippen LogP contribution is -2.12. The molecule has 21 heavy (non-hydrogen) atoms. The quantitative estimate of drug-likeness (QED) is 0.836. The molecule has 1 aromatic heterocycles. The largest absolute Gasteiger partial charge is 0.384 e. The lowest BCUT2D eigenvalue weighted by molar-refractivity contribution is 0.102. The maximum absolute atomic E-state index is 12.1. The molecule has 0 radical (unpaired) electrons. The number of halogens is 2. The van der Waals surface area contributed by atoms with Crippen LogP contribution in [0.4, 0.5) is 5.69 Å². The molecule has 0 aliphatic rings. The molecule has 4 nitrogen and oxygen atoms in total. The number of aromatic nitrogens is 1. The average molecular weight is 321 g/mol. The maximum atomic E-state index is 12.1. The molecule has 106 valence electrons. The Balaban J connectivity index is 2.18. The van der Waals surface area contributed by atoms with Crippen molar-refractivity contribution in [2.75, 3.05) is 11.9 Å². The van der Waals surface area contributed by atoms with E-state index < -0.39 is 0 Å². The van der Waals surface area contributed by atoms with Crippen molar-refractivity contribution in [1.82, 2.24) is 4.98 Å². The van der Waals surface area contributed by atoms with Crippen LogP contribution in [0.5, 0.6) is 0 Å². The number of anilines is 1. The van der Waals surface area contributed by atoms with Gasteiger partial charge in [0.15, 0.2) is 0 Å². The first-order chi connectivity index (χ1) is 10.1. The van der Waals surface area contributed by atoms with Crippen LogP contribution in [0.3, 0.4) is 0 Å². The highest BCUT2D eigenvalue weighted by Gasteiger charge is 2.08. The number of pyridine rings is 1. The molecule has 0 aliphatic carbocycles. The van der Waals surface area contributed by atoms with Gasteiger partial charge in [0, 0.05) is 23.6 Å². The Morgan fingerprint density at radius 2 is 2.05 bits per heavy atom. The number of aliphatic hydroxyl groups is 1. The number of benzene rings is 1. The summed E-state index contributed by atoms with van der Waals surface area (Å²) in [5, 5.41) is 12.1. The van der Waals surface area contributed by atoms with Gasteiger partial charge in [-0.15, -0.1) is 0 Å². The van der Waals surface area contributed by atoms with Crippen molar-refractivity contribution in [3.8, 4) is 11.8 Å². The van der Waals surface area contributed by atoms with E-state index in [9.17, 15) is 4.79 Å². The monoisotopic (exact) mass is 320 g/mol. The van der Waals surface area contributed by atoms with E-state index in [0.29, 0.717) is 26.9 Å². The number of nitrogens with one attached hydrogen (secondary N) is 1. The summed E-state index contributed by atoms with van der Waals surface area (Å²) >= 11 is 11.7. The molecule has 6 heteroatoms. The van der Waals surface area contributed by atoms with Crippen LogP contribution < -0.4 is 5.32 Å². The van der Waals surface area contributed by atoms with Crippen LogP contribution >= 0.6 is 23.2 Å². The minimum Gasteiger partial charge on any atom is -0.384 e. The Bertz CT molecular complexity index is 736. The number of carbonyl (C=O) groups is 1. The fourth-order valence-electron chi connectivity index (χ4n) is 1.55. The summed E-state index contributed by atoms with van der Waals surface area (Å²) in [6.07, 6.45) is 2.94. The van der Waals surface area contributed by atoms with E-state index >= 15 is 0 Å². The van der Waals surface area contributed by atoms with Gasteiger partial charge < -0.3 is 10.4 Å². The predicted octanol–water partition coefficient (Wildman–Crippen LogP) is 2.98. The second-order valence-corrected chi connectivity index (χ2v) is 4.82. The van der Waals surface area contributed by atoms with Gasteiger partial charge in [-0.25, -0.2) is 0 Å². The molecule has 0 bridgehead atoms. The smallest absolute Gasteiger partial charge is 0.257 e. The van der Waals surface area contributed by atoms with Gasteiger partial charge in [0.1, 0.15) is 6.61 Å². The number of rotatable bonds is 2. The van der Waals surface area contributed by atoms with Gasteiger partial charge >= 0.3 is 0 Å². The van der Waals surface area contributed by atoms with Crippen LogP contribution in [-0.2, 0) is 0 Å². The zero-order valence-electron chi connectivity index (χ0n) is 10.7. The summed E-state index contributed by atoms with van der Waals surface area (Å²) in [7, 11) is 0. The third-order valence-electron chi connectivity index (χ3n) is 2.49. The third kappa shape index (κ3) is 4.20. The molecule has 2 N–H and O–H groups in total. The molecule has 0 saturated carbocycles. The Hall–Kier alpha value is -2.06. The summed E-state index contributed by atoms with van der Waals surface area (Å²) in [6.45, 7) is -0.250. The molecule has 0 aliphatic heterocycles. The SMILES string of the molecule is O=C(Nc1ccc(Cl)c(Cl)c1)c1cncc(C#CCO)c1. The molecule has 1 amide bonds. The average Bonchev–Trinajstić information content (AvgIpc) is 2.49. The van der Waals surface area contributed by atoms with E-state index in [2.05, 4.69) is 22.1 Å². The summed E-state index contributed by atoms with van der Waals surface area (Å²) in [4.78, 5) is 16.1. The zero-order valence-corrected chi connectivity index (χ0v) is 12.2. The standard InChI is InChI=1S/C15H10Cl2N2O2/c16-13-4-3-12(7-14(13)17)19-15(21)11-6-10(2-1-5-20)8-18-9-11/h3-4,6-9,20H,5H2,(H,19,21). The van der Waals surface area contributed by atoms with Crippen LogP contribution in [-0.4, -0.2) is 22.6 Å². The van der Waals surface area contributed by atoms with E-state index in [4.69, 9.17) is 28.3 Å². The minimum absolute atomic E-state index is 0.250. The van der Waals surface area contributed by atoms with Crippen molar-refractivity contribution in [1.29, 1.82) is 0 Å². The number of hydrogen-bond donors (Lipinski definition) is 2. The fraction of sp³-hybridized carbons (Fsp3) is 0.0667. The summed E-state index contributed by atoms with van der Waals surface area (Å²) in [5.74, 6) is 4.85. The van der Waals surface area contributed by atoms with Crippen molar-refractivity contribution >= 4 is 34.8 Å². The van der Waals surface area contributed by atoms with E-state index in [-0.39, 0.29) is 12.5 Å². The second-order valence-electron chi connectivity index (χ2n) is 4.01. The highest BCUT2D eigenvalue weighted by Crippen LogP contribution is 2.25. The van der Waals surface area contributed by atoms with E-state index in [0.717, 1.165) is 0 Å². The Labute approximate surface area is 131 Å². The highest BCUT2D eigenvalue weighted by atomic mass is 35.5. The fourth-order valence-corrected chi connectivity index (χ4v) is 1.85. The molecule has 0 unspecified atom stereocenters. The van der Waals surface area contributed by atoms with E-state index in [1.165, 1.54) is 12.4 Å². The van der Waals surface area contributed by atoms with Gasteiger partial charge in [0.05, 0.1) is 15.6 Å². The Kier molecular flexibility index (Phi) is 5.18. The van der Waals surface area contributed by atoms with Gasteiger partial charge in [0.25, 0.3) is 5.91 Å². The molecule has 2 aromatic rings. The van der Waals surface area contributed by atoms with Gasteiger partial charge in [-0.05, 0) is 24.3 Å². The first-order valence-corrected chi connectivity index (χ1v) is 6.67. The minimum atomic E-state index is -0.339. The lowest BCUT2D eigenvalue weighted by atomic mass is 10.2. The molecule has 0 saturated heterocycles. The lowest BCUT2D eigenvalue weighted by Gasteiger charge is -2.06. The first-order valence-electron chi connectivity index (χ1n) is 5.91. The number of carbonyl (C=O) groups excluding carboxylic acids is 1. The molecule has 1 heterocycles. The molecule has 0 atom stereocenters. The molecule has 0 fully saturated rings.